The van der Waals surface area contributed by atoms with Gasteiger partial charge in [-0.25, -0.2) is 0 Å². The minimum atomic E-state index is 0.460. The Kier molecular flexibility index (Phi) is 3.02. The highest BCUT2D eigenvalue weighted by Crippen LogP contribution is 2.20. The van der Waals surface area contributed by atoms with Gasteiger partial charge in [-0.3, -0.25) is 0 Å². The Morgan fingerprint density at radius 3 is 2.82 bits per heavy atom. The average molecular weight is 247 g/mol. The van der Waals surface area contributed by atoms with E-state index in [-0.39, 0.29) is 0 Å². The van der Waals surface area contributed by atoms with E-state index >= 15 is 0 Å². The van der Waals surface area contributed by atoms with E-state index in [2.05, 4.69) is 16.3 Å². The molecule has 2 aromatic heterocycles. The molecule has 0 aliphatic carbocycles. The van der Waals surface area contributed by atoms with Gasteiger partial charge in [-0.15, -0.1) is 20.9 Å². The van der Waals surface area contributed by atoms with Gasteiger partial charge >= 0.3 is 0 Å². The second-order valence-corrected chi connectivity index (χ2v) is 4.89. The number of aryl methyl sites for hydroxylation is 1. The smallest absolute Gasteiger partial charge is 0.192 e. The predicted molar refractivity (Wildman–Crippen MR) is 64.1 cm³/mol. The van der Waals surface area contributed by atoms with E-state index in [1.54, 1.807) is 6.07 Å². The number of H-pyrrole nitrogens is 1. The molecular weight excluding hydrogens is 236 g/mol. The standard InChI is InChI=1S/C11H10N4OS/c1-7-11(14-16)8(2)15(13-7)6-10-4-3-9(5-12)17-10/h3-4H,6H2,1-2H3/p+1. The van der Waals surface area contributed by atoms with Gasteiger partial charge in [-0.2, -0.15) is 10.4 Å². The Balaban J connectivity index is 2.30. The van der Waals surface area contributed by atoms with Crippen LogP contribution in [0.4, 0.5) is 5.69 Å². The molecule has 0 aromatic carbocycles. The lowest BCUT2D eigenvalue weighted by molar-refractivity contribution is -0.747. The van der Waals surface area contributed by atoms with Crippen LogP contribution < -0.4 is 4.68 Å². The van der Waals surface area contributed by atoms with Crippen molar-refractivity contribution >= 4 is 17.0 Å². The molecule has 0 bridgehead atoms. The number of aromatic amines is 1. The summed E-state index contributed by atoms with van der Waals surface area (Å²) in [5.41, 5.74) is 2.03. The minimum Gasteiger partial charge on any atom is -0.192 e. The maximum absolute atomic E-state index is 10.6. The molecule has 0 fully saturated rings. The first-order valence-electron chi connectivity index (χ1n) is 5.07. The van der Waals surface area contributed by atoms with E-state index in [0.29, 0.717) is 17.1 Å². The number of hydrogen-bond acceptors (Lipinski definition) is 4. The summed E-state index contributed by atoms with van der Waals surface area (Å²) < 4.78 is 1.86. The second-order valence-electron chi connectivity index (χ2n) is 3.73. The predicted octanol–water partition coefficient (Wildman–Crippen LogP) is 2.30. The van der Waals surface area contributed by atoms with E-state index in [1.165, 1.54) is 11.3 Å². The van der Waals surface area contributed by atoms with Crippen LogP contribution in [0.25, 0.3) is 0 Å². The molecule has 0 radical (unpaired) electrons. The van der Waals surface area contributed by atoms with Crippen molar-refractivity contribution in [1.29, 1.82) is 5.26 Å². The fraction of sp³-hybridized carbons (Fsp3) is 0.273. The van der Waals surface area contributed by atoms with Crippen molar-refractivity contribution in [3.63, 3.8) is 0 Å². The van der Waals surface area contributed by atoms with Crippen LogP contribution in [-0.4, -0.2) is 5.10 Å². The van der Waals surface area contributed by atoms with Crippen molar-refractivity contribution < 1.29 is 4.68 Å². The second kappa shape index (κ2) is 4.47. The number of rotatable bonds is 3. The molecule has 0 amide bonds. The zero-order valence-electron chi connectivity index (χ0n) is 9.52. The van der Waals surface area contributed by atoms with Crippen molar-refractivity contribution in [3.05, 3.63) is 38.2 Å². The molecule has 6 heteroatoms. The van der Waals surface area contributed by atoms with Gasteiger partial charge in [-0.05, 0) is 24.2 Å². The maximum Gasteiger partial charge on any atom is 0.234 e. The van der Waals surface area contributed by atoms with Crippen molar-refractivity contribution in [1.82, 2.24) is 5.10 Å². The van der Waals surface area contributed by atoms with Gasteiger partial charge in [0.1, 0.15) is 16.6 Å². The number of nitriles is 1. The molecule has 2 aromatic rings. The first-order chi connectivity index (χ1) is 8.15. The fourth-order valence-electron chi connectivity index (χ4n) is 1.71. The van der Waals surface area contributed by atoms with Gasteiger partial charge in [0, 0.05) is 6.92 Å². The monoisotopic (exact) mass is 247 g/mol. The molecule has 0 atom stereocenters. The lowest BCUT2D eigenvalue weighted by atomic mass is 10.3. The summed E-state index contributed by atoms with van der Waals surface area (Å²) in [6, 6.07) is 5.82. The van der Waals surface area contributed by atoms with Crippen molar-refractivity contribution in [2.75, 3.05) is 0 Å². The molecule has 0 saturated carbocycles. The maximum atomic E-state index is 10.6. The number of aromatic nitrogens is 2. The van der Waals surface area contributed by atoms with Gasteiger partial charge < -0.3 is 0 Å². The summed E-state index contributed by atoms with van der Waals surface area (Å²) in [5.74, 6) is 0. The zero-order valence-corrected chi connectivity index (χ0v) is 10.3. The van der Waals surface area contributed by atoms with Crippen LogP contribution in [0.1, 0.15) is 21.1 Å². The van der Waals surface area contributed by atoms with E-state index in [9.17, 15) is 4.91 Å². The van der Waals surface area contributed by atoms with E-state index in [1.807, 2.05) is 24.6 Å². The Morgan fingerprint density at radius 1 is 1.53 bits per heavy atom. The summed E-state index contributed by atoms with van der Waals surface area (Å²) in [7, 11) is 0. The summed E-state index contributed by atoms with van der Waals surface area (Å²) >= 11 is 1.45. The first-order valence-corrected chi connectivity index (χ1v) is 5.88. The lowest BCUT2D eigenvalue weighted by Crippen LogP contribution is -2.38. The summed E-state index contributed by atoms with van der Waals surface area (Å²) in [4.78, 5) is 12.4. The number of thiophene rings is 1. The molecule has 1 N–H and O–H groups in total. The molecule has 86 valence electrons. The number of nitrogens with zero attached hydrogens (tertiary/aromatic N) is 3. The Bertz CT molecular complexity index is 606. The van der Waals surface area contributed by atoms with Crippen LogP contribution in [0, 0.1) is 30.1 Å². The lowest BCUT2D eigenvalue weighted by Gasteiger charge is -1.90. The van der Waals surface area contributed by atoms with E-state index < -0.39 is 0 Å². The molecule has 0 aliphatic rings. The molecule has 17 heavy (non-hydrogen) atoms. The molecule has 5 nitrogen and oxygen atoms in total. The molecule has 0 spiro atoms. The van der Waals surface area contributed by atoms with Gasteiger partial charge in [0.15, 0.2) is 0 Å². The summed E-state index contributed by atoms with van der Waals surface area (Å²) in [5, 5.41) is 14.8. The average Bonchev–Trinajstić information content (AvgIpc) is 2.86. The first kappa shape index (κ1) is 11.5. The highest BCUT2D eigenvalue weighted by Gasteiger charge is 2.20. The minimum absolute atomic E-state index is 0.460. The SMILES string of the molecule is Cc1[nH][n+](Cc2ccc(C#N)s2)c(C)c1N=O. The third kappa shape index (κ3) is 2.10. The van der Waals surface area contributed by atoms with Gasteiger partial charge in [0.25, 0.3) is 0 Å². The van der Waals surface area contributed by atoms with Crippen molar-refractivity contribution in [3.8, 4) is 6.07 Å². The third-order valence-corrected chi connectivity index (χ3v) is 3.56. The Labute approximate surface area is 102 Å². The molecule has 0 unspecified atom stereocenters. The van der Waals surface area contributed by atoms with Gasteiger partial charge in [0.05, 0.1) is 4.88 Å². The molecular formula is C11H11N4OS+. The fourth-order valence-corrected chi connectivity index (χ4v) is 2.50. The van der Waals surface area contributed by atoms with E-state index in [4.69, 9.17) is 5.26 Å². The van der Waals surface area contributed by atoms with Crippen LogP contribution in [0.2, 0.25) is 0 Å². The summed E-state index contributed by atoms with van der Waals surface area (Å²) in [6.07, 6.45) is 0. The largest absolute Gasteiger partial charge is 0.234 e. The quantitative estimate of drug-likeness (QED) is 0.667. The van der Waals surface area contributed by atoms with Crippen molar-refractivity contribution in [2.45, 2.75) is 20.4 Å². The van der Waals surface area contributed by atoms with E-state index in [0.717, 1.165) is 16.3 Å². The molecule has 0 aliphatic heterocycles. The van der Waals surface area contributed by atoms with Gasteiger partial charge in [0.2, 0.25) is 17.9 Å². The Morgan fingerprint density at radius 2 is 2.29 bits per heavy atom. The van der Waals surface area contributed by atoms with Crippen LogP contribution in [0.15, 0.2) is 17.3 Å². The molecule has 0 saturated heterocycles. The molecule has 2 rings (SSSR count). The topological polar surface area (TPSA) is 72.9 Å². The third-order valence-electron chi connectivity index (χ3n) is 2.58. The number of hydrogen-bond donors (Lipinski definition) is 1. The van der Waals surface area contributed by atoms with Gasteiger partial charge in [-0.1, -0.05) is 0 Å². The highest BCUT2D eigenvalue weighted by atomic mass is 32.1. The van der Waals surface area contributed by atoms with Crippen LogP contribution in [0.5, 0.6) is 0 Å². The molecule has 2 heterocycles. The Hall–Kier alpha value is -2.00. The normalized spacial score (nSPS) is 10.2. The van der Waals surface area contributed by atoms with Crippen LogP contribution in [-0.2, 0) is 6.54 Å². The number of nitroso groups, excluding NO2 is 1. The van der Waals surface area contributed by atoms with Crippen LogP contribution >= 0.6 is 11.3 Å². The van der Waals surface area contributed by atoms with Crippen LogP contribution in [0.3, 0.4) is 0 Å². The zero-order chi connectivity index (χ0) is 12.4. The van der Waals surface area contributed by atoms with Crippen molar-refractivity contribution in [2.24, 2.45) is 5.18 Å². The number of nitrogens with one attached hydrogen (secondary N) is 1. The summed E-state index contributed by atoms with van der Waals surface area (Å²) in [6.45, 7) is 4.28. The highest BCUT2D eigenvalue weighted by molar-refractivity contribution is 7.12.